The molecule has 0 N–H and O–H groups in total. The van der Waals surface area contributed by atoms with Gasteiger partial charge in [-0.25, -0.2) is 0 Å². The van der Waals surface area contributed by atoms with Gasteiger partial charge in [0.1, 0.15) is 0 Å². The first kappa shape index (κ1) is 39.3. The molecule has 0 fully saturated rings. The first-order valence-electron chi connectivity index (χ1n) is 24.2. The lowest BCUT2D eigenvalue weighted by Gasteiger charge is -2.37. The average Bonchev–Trinajstić information content (AvgIpc) is 3.89. The smallest absolute Gasteiger partial charge is 0.0781 e. The fraction of sp³-hybridized carbons (Fsp3) is 0.0149. The molecule has 2 aliphatic carbocycles. The lowest BCUT2D eigenvalue weighted by atomic mass is 9.66. The molecule has 0 radical (unpaired) electrons. The predicted octanol–water partition coefficient (Wildman–Crippen LogP) is 18.7. The summed E-state index contributed by atoms with van der Waals surface area (Å²) in [6, 6.07) is 95.2. The van der Waals surface area contributed by atoms with Gasteiger partial charge < -0.3 is 9.80 Å². The van der Waals surface area contributed by atoms with Crippen LogP contribution in [0.3, 0.4) is 0 Å². The van der Waals surface area contributed by atoms with Crippen LogP contribution in [0.15, 0.2) is 255 Å². The van der Waals surface area contributed by atoms with Crippen molar-refractivity contribution in [3.8, 4) is 55.6 Å². The number of fused-ring (bicyclic) bond motifs is 21. The Kier molecular flexibility index (Phi) is 8.48. The van der Waals surface area contributed by atoms with E-state index in [2.05, 4.69) is 265 Å². The minimum Gasteiger partial charge on any atom is -0.308 e. The van der Waals surface area contributed by atoms with E-state index in [1.54, 1.807) is 0 Å². The summed E-state index contributed by atoms with van der Waals surface area (Å²) in [7, 11) is 0. The van der Waals surface area contributed by atoms with Crippen molar-refractivity contribution < 1.29 is 0 Å². The predicted molar refractivity (Wildman–Crippen MR) is 295 cm³/mol. The van der Waals surface area contributed by atoms with Crippen molar-refractivity contribution in [3.63, 3.8) is 0 Å². The third kappa shape index (κ3) is 5.38. The minimum absolute atomic E-state index is 0.612. The molecule has 1 unspecified atom stereocenters. The fourth-order valence-electron chi connectivity index (χ4n) is 12.5. The van der Waals surface area contributed by atoms with E-state index in [1.165, 1.54) is 98.1 Å². The number of hydrogen-bond acceptors (Lipinski definition) is 3. The highest BCUT2D eigenvalue weighted by Gasteiger charge is 2.50. The third-order valence-electron chi connectivity index (χ3n) is 15.2. The van der Waals surface area contributed by atoms with E-state index < -0.39 is 5.41 Å². The van der Waals surface area contributed by atoms with Gasteiger partial charge >= 0.3 is 0 Å². The van der Waals surface area contributed by atoms with Gasteiger partial charge in [0.15, 0.2) is 0 Å². The van der Waals surface area contributed by atoms with E-state index in [9.17, 15) is 0 Å². The zero-order valence-corrected chi connectivity index (χ0v) is 38.9. The van der Waals surface area contributed by atoms with Crippen molar-refractivity contribution in [2.24, 2.45) is 0 Å². The second kappa shape index (κ2) is 15.1. The first-order valence-corrected chi connectivity index (χ1v) is 25.0. The molecule has 0 saturated carbocycles. The van der Waals surface area contributed by atoms with E-state index >= 15 is 0 Å². The van der Waals surface area contributed by atoms with Crippen LogP contribution in [0.5, 0.6) is 0 Å². The lowest BCUT2D eigenvalue weighted by Crippen LogP contribution is -2.29. The lowest BCUT2D eigenvalue weighted by molar-refractivity contribution is 0.776. The number of benzene rings is 11. The highest BCUT2D eigenvalue weighted by molar-refractivity contribution is 7.26. The maximum atomic E-state index is 2.50. The van der Waals surface area contributed by atoms with Crippen LogP contribution < -0.4 is 9.80 Å². The SMILES string of the molecule is c1ccc(N(c2ccc3c(c2)-c2ccccc2-c2ccccc2C32c3ccccc3-c3c2ccc2c3sc3ccccc32)c2cccc3c2N(c2ccccc2)c2ccccc2-c2ccccc2-3)cc1. The Morgan fingerprint density at radius 3 is 1.66 bits per heavy atom. The number of hydrogen-bond donors (Lipinski definition) is 0. The molecule has 1 aromatic heterocycles. The molecule has 2 heterocycles. The molecule has 11 aromatic carbocycles. The van der Waals surface area contributed by atoms with Gasteiger partial charge in [-0.3, -0.25) is 0 Å². The summed E-state index contributed by atoms with van der Waals surface area (Å²) < 4.78 is 2.67. The zero-order chi connectivity index (χ0) is 45.9. The molecule has 0 saturated heterocycles. The number of thiophene rings is 1. The van der Waals surface area contributed by atoms with Crippen molar-refractivity contribution in [3.05, 3.63) is 277 Å². The van der Waals surface area contributed by atoms with E-state index in [4.69, 9.17) is 0 Å². The molecule has 15 rings (SSSR count). The Morgan fingerprint density at radius 2 is 0.886 bits per heavy atom. The van der Waals surface area contributed by atoms with Crippen LogP contribution in [0.4, 0.5) is 34.1 Å². The van der Waals surface area contributed by atoms with Crippen molar-refractivity contribution in [2.75, 3.05) is 9.80 Å². The van der Waals surface area contributed by atoms with Crippen LogP contribution >= 0.6 is 11.3 Å². The van der Waals surface area contributed by atoms with Crippen molar-refractivity contribution >= 4 is 65.6 Å². The minimum atomic E-state index is -0.612. The molecule has 12 aromatic rings. The quantitative estimate of drug-likeness (QED) is 0.174. The molecular weight excluding hydrogens is 865 g/mol. The van der Waals surface area contributed by atoms with Gasteiger partial charge in [-0.1, -0.05) is 200 Å². The Bertz CT molecular complexity index is 4090. The normalized spacial score (nSPS) is 14.6. The van der Waals surface area contributed by atoms with Crippen LogP contribution in [0, 0.1) is 0 Å². The maximum Gasteiger partial charge on any atom is 0.0781 e. The summed E-state index contributed by atoms with van der Waals surface area (Å²) in [5, 5.41) is 2.64. The number of nitrogens with zero attached hydrogens (tertiary/aromatic N) is 2. The van der Waals surface area contributed by atoms with Crippen molar-refractivity contribution in [1.82, 2.24) is 0 Å². The summed E-state index contributed by atoms with van der Waals surface area (Å²) in [4.78, 5) is 4.98. The van der Waals surface area contributed by atoms with Gasteiger partial charge in [0.25, 0.3) is 0 Å². The maximum absolute atomic E-state index is 2.50. The Labute approximate surface area is 411 Å². The Balaban J connectivity index is 1.05. The van der Waals surface area contributed by atoms with Crippen LogP contribution in [0.25, 0.3) is 75.8 Å². The van der Waals surface area contributed by atoms with Gasteiger partial charge in [0.05, 0.1) is 22.5 Å². The number of rotatable bonds is 4. The standard InChI is InChI=1S/C67H42N2S/c1-3-20-43(21-4-1)68(62-36-19-32-53-48-26-9-8-25-47(48)51-29-13-17-35-61(51)69(65(53)62)44-22-5-2-6-23-44)45-38-40-59-56(42-45)49-27-10-7-24-46(49)50-28-11-15-33-57(50)67(59)58-34-16-12-31-55(58)64-60(67)41-39-54-52-30-14-18-37-63(52)70-66(54)64/h1-42H. The first-order chi connectivity index (χ1) is 34.8. The highest BCUT2D eigenvalue weighted by Crippen LogP contribution is 2.64. The molecule has 0 bridgehead atoms. The largest absolute Gasteiger partial charge is 0.308 e. The summed E-state index contributed by atoms with van der Waals surface area (Å²) in [5.74, 6) is 0. The molecule has 0 amide bonds. The topological polar surface area (TPSA) is 6.48 Å². The number of para-hydroxylation sites is 4. The Hall–Kier alpha value is -8.76. The summed E-state index contributed by atoms with van der Waals surface area (Å²) in [6.07, 6.45) is 0. The molecule has 1 atom stereocenters. The van der Waals surface area contributed by atoms with E-state index in [1.807, 2.05) is 11.3 Å². The summed E-state index contributed by atoms with van der Waals surface area (Å²) >= 11 is 1.93. The highest BCUT2D eigenvalue weighted by atomic mass is 32.1. The van der Waals surface area contributed by atoms with Gasteiger partial charge in [0, 0.05) is 53.9 Å². The number of anilines is 6. The fourth-order valence-corrected chi connectivity index (χ4v) is 13.7. The van der Waals surface area contributed by atoms with Crippen LogP contribution in [0.1, 0.15) is 22.3 Å². The molecule has 70 heavy (non-hydrogen) atoms. The van der Waals surface area contributed by atoms with Gasteiger partial charge in [-0.2, -0.15) is 0 Å². The molecular formula is C67H42N2S. The second-order valence-corrected chi connectivity index (χ2v) is 19.7. The second-order valence-electron chi connectivity index (χ2n) is 18.7. The summed E-state index contributed by atoms with van der Waals surface area (Å²) in [5.41, 5.74) is 23.7. The third-order valence-corrected chi connectivity index (χ3v) is 16.4. The molecule has 1 aliphatic heterocycles. The zero-order valence-electron chi connectivity index (χ0n) is 38.1. The van der Waals surface area contributed by atoms with Crippen LogP contribution in [-0.4, -0.2) is 0 Å². The van der Waals surface area contributed by atoms with Crippen LogP contribution in [0.2, 0.25) is 0 Å². The molecule has 2 nitrogen and oxygen atoms in total. The molecule has 3 heteroatoms. The van der Waals surface area contributed by atoms with E-state index in [-0.39, 0.29) is 0 Å². The molecule has 326 valence electrons. The molecule has 3 aliphatic rings. The van der Waals surface area contributed by atoms with Gasteiger partial charge in [-0.15, -0.1) is 11.3 Å². The van der Waals surface area contributed by atoms with Gasteiger partial charge in [-0.05, 0) is 116 Å². The van der Waals surface area contributed by atoms with Gasteiger partial charge in [0.2, 0.25) is 0 Å². The van der Waals surface area contributed by atoms with E-state index in [0.717, 1.165) is 34.1 Å². The molecule has 1 spiro atoms. The van der Waals surface area contributed by atoms with E-state index in [0.29, 0.717) is 0 Å². The van der Waals surface area contributed by atoms with Crippen molar-refractivity contribution in [2.45, 2.75) is 5.41 Å². The Morgan fingerprint density at radius 1 is 0.343 bits per heavy atom. The monoisotopic (exact) mass is 906 g/mol. The average molecular weight is 907 g/mol. The van der Waals surface area contributed by atoms with Crippen molar-refractivity contribution in [1.29, 1.82) is 0 Å². The van der Waals surface area contributed by atoms with Crippen LogP contribution in [-0.2, 0) is 5.41 Å². The summed E-state index contributed by atoms with van der Waals surface area (Å²) in [6.45, 7) is 0.